The van der Waals surface area contributed by atoms with Gasteiger partial charge in [-0.1, -0.05) is 62.0 Å². The molecular formula is C35H42N2O8. The number of ether oxygens (including phenoxy) is 3. The summed E-state index contributed by atoms with van der Waals surface area (Å²) in [6, 6.07) is 20.9. The molecule has 3 aromatic rings. The highest BCUT2D eigenvalue weighted by Crippen LogP contribution is 2.29. The summed E-state index contributed by atoms with van der Waals surface area (Å²) < 4.78 is 15.9. The SMILES string of the molecule is C.COc1ccc(CC(CC(=O)[C@@H](C)NC(=O)OCc2ccccc2)C(=O)N[C@@H](Cc2ccc(O)cc2)C(=O)[C@@]2(C)CO2)cc1. The lowest BCUT2D eigenvalue weighted by Gasteiger charge is -2.24. The number of methoxy groups -OCH3 is 1. The molecule has 1 aliphatic rings. The van der Waals surface area contributed by atoms with Crippen LogP contribution in [0.25, 0.3) is 0 Å². The van der Waals surface area contributed by atoms with Gasteiger partial charge in [0, 0.05) is 12.3 Å². The molecule has 2 amide bonds. The first kappa shape index (κ1) is 34.8. The molecule has 0 radical (unpaired) electrons. The molecule has 45 heavy (non-hydrogen) atoms. The third-order valence-corrected chi connectivity index (χ3v) is 7.60. The number of rotatable bonds is 15. The van der Waals surface area contributed by atoms with E-state index >= 15 is 0 Å². The molecular weight excluding hydrogens is 576 g/mol. The third kappa shape index (κ3) is 10.2. The van der Waals surface area contributed by atoms with E-state index in [0.717, 1.165) is 16.7 Å². The fraction of sp³-hybridized carbons (Fsp3) is 0.371. The molecule has 1 aliphatic heterocycles. The van der Waals surface area contributed by atoms with Gasteiger partial charge >= 0.3 is 6.09 Å². The topological polar surface area (TPSA) is 144 Å². The fourth-order valence-corrected chi connectivity index (χ4v) is 4.73. The maximum atomic E-state index is 13.8. The van der Waals surface area contributed by atoms with Gasteiger partial charge in [0.1, 0.15) is 23.7 Å². The van der Waals surface area contributed by atoms with E-state index < -0.39 is 35.6 Å². The van der Waals surface area contributed by atoms with Gasteiger partial charge in [0.25, 0.3) is 0 Å². The first-order valence-electron chi connectivity index (χ1n) is 14.5. The number of hydrogen-bond donors (Lipinski definition) is 3. The highest BCUT2D eigenvalue weighted by molar-refractivity contribution is 5.98. The van der Waals surface area contributed by atoms with Gasteiger partial charge in [0.2, 0.25) is 5.91 Å². The second kappa shape index (κ2) is 15.9. The normalized spacial score (nSPS) is 17.0. The highest BCUT2D eigenvalue weighted by Gasteiger charge is 2.50. The summed E-state index contributed by atoms with van der Waals surface area (Å²) in [6.45, 7) is 3.52. The van der Waals surface area contributed by atoms with Crippen molar-refractivity contribution in [2.45, 2.75) is 64.8 Å². The maximum Gasteiger partial charge on any atom is 0.408 e. The Bertz CT molecular complexity index is 1440. The van der Waals surface area contributed by atoms with Crippen molar-refractivity contribution in [2.24, 2.45) is 5.92 Å². The van der Waals surface area contributed by atoms with Crippen molar-refractivity contribution in [1.82, 2.24) is 10.6 Å². The van der Waals surface area contributed by atoms with Gasteiger partial charge in [0.15, 0.2) is 11.6 Å². The van der Waals surface area contributed by atoms with Crippen LogP contribution in [0.3, 0.4) is 0 Å². The maximum absolute atomic E-state index is 13.8. The Morgan fingerprint density at radius 2 is 1.49 bits per heavy atom. The number of hydrogen-bond acceptors (Lipinski definition) is 8. The van der Waals surface area contributed by atoms with Crippen LogP contribution in [-0.2, 0) is 43.3 Å². The van der Waals surface area contributed by atoms with Crippen LogP contribution < -0.4 is 15.4 Å². The molecule has 0 aliphatic carbocycles. The predicted molar refractivity (Wildman–Crippen MR) is 169 cm³/mol. The Labute approximate surface area is 264 Å². The van der Waals surface area contributed by atoms with E-state index in [4.69, 9.17) is 14.2 Å². The van der Waals surface area contributed by atoms with Gasteiger partial charge in [0.05, 0.1) is 25.8 Å². The molecule has 0 spiro atoms. The van der Waals surface area contributed by atoms with Crippen LogP contribution in [0.5, 0.6) is 11.5 Å². The van der Waals surface area contributed by atoms with Crippen molar-refractivity contribution in [2.75, 3.05) is 13.7 Å². The van der Waals surface area contributed by atoms with Gasteiger partial charge in [-0.2, -0.15) is 0 Å². The zero-order valence-electron chi connectivity index (χ0n) is 25.1. The van der Waals surface area contributed by atoms with E-state index in [1.165, 1.54) is 19.1 Å². The smallest absolute Gasteiger partial charge is 0.408 e. The third-order valence-electron chi connectivity index (χ3n) is 7.60. The molecule has 1 heterocycles. The summed E-state index contributed by atoms with van der Waals surface area (Å²) >= 11 is 0. The molecule has 0 saturated carbocycles. The van der Waals surface area contributed by atoms with Crippen LogP contribution in [0.4, 0.5) is 4.79 Å². The lowest BCUT2D eigenvalue weighted by atomic mass is 9.89. The van der Waals surface area contributed by atoms with E-state index in [9.17, 15) is 24.3 Å². The van der Waals surface area contributed by atoms with Gasteiger partial charge < -0.3 is 30.0 Å². The zero-order valence-corrected chi connectivity index (χ0v) is 25.1. The summed E-state index contributed by atoms with van der Waals surface area (Å²) in [5.74, 6) is -1.23. The van der Waals surface area contributed by atoms with Crippen molar-refractivity contribution in [3.8, 4) is 11.5 Å². The van der Waals surface area contributed by atoms with Crippen LogP contribution >= 0.6 is 0 Å². The standard InChI is InChI=1S/C34H38N2O8.CH4/c1-22(35-33(41)43-20-25-7-5-4-6-8-25)30(38)19-26(17-23-11-15-28(42-3)16-12-23)32(40)36-29(31(39)34(2)21-44-34)18-24-9-13-27(37)14-10-24;/h4-16,22,26,29,37H,17-21H2,1-3H3,(H,35,41)(H,36,40);1H4/t22-,26?,29+,34-;/m1./s1. The van der Waals surface area contributed by atoms with Crippen LogP contribution in [-0.4, -0.2) is 60.1 Å². The summed E-state index contributed by atoms with van der Waals surface area (Å²) in [5.41, 5.74) is 1.34. The Morgan fingerprint density at radius 1 is 0.889 bits per heavy atom. The number of ketones is 2. The number of phenolic OH excluding ortho intramolecular Hbond substituents is 1. The molecule has 3 N–H and O–H groups in total. The Kier molecular flexibility index (Phi) is 12.3. The minimum absolute atomic E-state index is 0. The number of carbonyl (C=O) groups is 4. The number of alkyl carbamates (subject to hydrolysis) is 1. The molecule has 240 valence electrons. The molecule has 1 unspecified atom stereocenters. The molecule has 0 bridgehead atoms. The monoisotopic (exact) mass is 618 g/mol. The number of carbonyl (C=O) groups excluding carboxylic acids is 4. The number of phenols is 1. The summed E-state index contributed by atoms with van der Waals surface area (Å²) in [7, 11) is 1.55. The number of aromatic hydroxyl groups is 1. The molecule has 1 saturated heterocycles. The number of epoxide rings is 1. The number of Topliss-reactive ketones (excluding diaryl/α,β-unsaturated/α-hetero) is 2. The summed E-state index contributed by atoms with van der Waals surface area (Å²) in [5, 5.41) is 15.1. The largest absolute Gasteiger partial charge is 0.508 e. The Balaban J connectivity index is 0.00000552. The first-order chi connectivity index (χ1) is 21.1. The average molecular weight is 619 g/mol. The number of amides is 2. The highest BCUT2D eigenvalue weighted by atomic mass is 16.6. The Hall–Kier alpha value is -4.70. The van der Waals surface area contributed by atoms with Gasteiger partial charge in [-0.25, -0.2) is 4.79 Å². The lowest BCUT2D eigenvalue weighted by Crippen LogP contribution is -2.50. The Morgan fingerprint density at radius 3 is 2.09 bits per heavy atom. The van der Waals surface area contributed by atoms with E-state index in [1.807, 2.05) is 42.5 Å². The van der Waals surface area contributed by atoms with Crippen LogP contribution in [0.15, 0.2) is 78.9 Å². The van der Waals surface area contributed by atoms with E-state index in [-0.39, 0.29) is 57.2 Å². The second-order valence-electron chi connectivity index (χ2n) is 11.2. The second-order valence-corrected chi connectivity index (χ2v) is 11.2. The summed E-state index contributed by atoms with van der Waals surface area (Å²) in [4.78, 5) is 52.8. The minimum Gasteiger partial charge on any atom is -0.508 e. The molecule has 10 heteroatoms. The molecule has 4 rings (SSSR count). The number of benzene rings is 3. The molecule has 3 aromatic carbocycles. The van der Waals surface area contributed by atoms with E-state index in [1.54, 1.807) is 38.3 Å². The summed E-state index contributed by atoms with van der Waals surface area (Å²) in [6.07, 6.45) is -0.548. The van der Waals surface area contributed by atoms with Crippen LogP contribution in [0.1, 0.15) is 44.4 Å². The van der Waals surface area contributed by atoms with Crippen molar-refractivity contribution in [1.29, 1.82) is 0 Å². The lowest BCUT2D eigenvalue weighted by molar-refractivity contribution is -0.134. The van der Waals surface area contributed by atoms with E-state index in [0.29, 0.717) is 5.75 Å². The van der Waals surface area contributed by atoms with Crippen molar-refractivity contribution < 1.29 is 38.5 Å². The predicted octanol–water partition coefficient (Wildman–Crippen LogP) is 4.56. The van der Waals surface area contributed by atoms with Gasteiger partial charge in [-0.05, 0) is 67.6 Å². The molecule has 10 nitrogen and oxygen atoms in total. The molecule has 1 fully saturated rings. The van der Waals surface area contributed by atoms with Crippen LogP contribution in [0, 0.1) is 5.92 Å². The van der Waals surface area contributed by atoms with Crippen molar-refractivity contribution in [3.63, 3.8) is 0 Å². The van der Waals surface area contributed by atoms with Crippen molar-refractivity contribution >= 4 is 23.6 Å². The molecule has 0 aromatic heterocycles. The van der Waals surface area contributed by atoms with Gasteiger partial charge in [-0.3, -0.25) is 14.4 Å². The number of nitrogens with one attached hydrogen (secondary N) is 2. The van der Waals surface area contributed by atoms with Gasteiger partial charge in [-0.15, -0.1) is 0 Å². The quantitative estimate of drug-likeness (QED) is 0.211. The minimum atomic E-state index is -0.991. The first-order valence-corrected chi connectivity index (χ1v) is 14.5. The molecule has 4 atom stereocenters. The average Bonchev–Trinajstić information content (AvgIpc) is 3.79. The van der Waals surface area contributed by atoms with Crippen LogP contribution in [0.2, 0.25) is 0 Å². The van der Waals surface area contributed by atoms with Crippen molar-refractivity contribution in [3.05, 3.63) is 95.6 Å². The fourth-order valence-electron chi connectivity index (χ4n) is 4.73. The van der Waals surface area contributed by atoms with E-state index in [2.05, 4.69) is 10.6 Å². The zero-order chi connectivity index (χ0) is 31.7.